The molecule has 0 aliphatic rings. The van der Waals surface area contributed by atoms with Gasteiger partial charge in [0.1, 0.15) is 5.75 Å². The third-order valence-corrected chi connectivity index (χ3v) is 2.53. The Balaban J connectivity index is 2.26. The third-order valence-electron chi connectivity index (χ3n) is 2.53. The minimum atomic E-state index is -0.102. The Morgan fingerprint density at radius 3 is 2.72 bits per heavy atom. The fourth-order valence-electron chi connectivity index (χ4n) is 1.49. The second-order valence-corrected chi connectivity index (χ2v) is 4.44. The maximum absolute atomic E-state index is 11.2. The van der Waals surface area contributed by atoms with Crippen LogP contribution >= 0.6 is 0 Å². The molecule has 0 aliphatic carbocycles. The lowest BCUT2D eigenvalue weighted by molar-refractivity contribution is 0.217. The molecular weight excluding hydrogens is 230 g/mol. The van der Waals surface area contributed by atoms with Crippen molar-refractivity contribution in [2.75, 3.05) is 27.2 Å². The summed E-state index contributed by atoms with van der Waals surface area (Å²) in [5.74, 6) is 0.297. The van der Waals surface area contributed by atoms with Crippen LogP contribution in [0.15, 0.2) is 18.2 Å². The minimum absolute atomic E-state index is 0.102. The summed E-state index contributed by atoms with van der Waals surface area (Å²) in [5, 5.41) is 15.6. The number of phenols is 1. The number of nitrogens with zero attached hydrogens (tertiary/aromatic N) is 1. The number of nitrogens with one attached hydrogen (secondary N) is 2. The molecule has 5 nitrogen and oxygen atoms in total. The van der Waals surface area contributed by atoms with Crippen LogP contribution < -0.4 is 10.6 Å². The van der Waals surface area contributed by atoms with Gasteiger partial charge in [-0.1, -0.05) is 17.7 Å². The van der Waals surface area contributed by atoms with Crippen LogP contribution in [0.1, 0.15) is 11.1 Å². The van der Waals surface area contributed by atoms with Crippen molar-refractivity contribution >= 4 is 6.03 Å². The van der Waals surface area contributed by atoms with Gasteiger partial charge in [-0.3, -0.25) is 0 Å². The van der Waals surface area contributed by atoms with E-state index < -0.39 is 0 Å². The zero-order chi connectivity index (χ0) is 13.5. The van der Waals surface area contributed by atoms with Gasteiger partial charge in [0.25, 0.3) is 0 Å². The van der Waals surface area contributed by atoms with Gasteiger partial charge in [-0.05, 0) is 13.0 Å². The van der Waals surface area contributed by atoms with Crippen LogP contribution in [-0.4, -0.2) is 43.2 Å². The first-order chi connectivity index (χ1) is 8.50. The van der Waals surface area contributed by atoms with Gasteiger partial charge in [-0.15, -0.1) is 0 Å². The molecule has 0 radical (unpaired) electrons. The lowest BCUT2D eigenvalue weighted by atomic mass is 10.1. The Morgan fingerprint density at radius 2 is 2.06 bits per heavy atom. The predicted octanol–water partition coefficient (Wildman–Crippen LogP) is 1.06. The number of amides is 2. The number of urea groups is 1. The maximum atomic E-state index is 11.2. The van der Waals surface area contributed by atoms with Crippen molar-refractivity contribution in [3.63, 3.8) is 0 Å². The van der Waals surface area contributed by atoms with E-state index in [-0.39, 0.29) is 6.03 Å². The Labute approximate surface area is 108 Å². The smallest absolute Gasteiger partial charge is 0.316 e. The van der Waals surface area contributed by atoms with Gasteiger partial charge < -0.3 is 20.6 Å². The van der Waals surface area contributed by atoms with Crippen LogP contribution in [0.2, 0.25) is 0 Å². The number of benzene rings is 1. The normalized spacial score (nSPS) is 10.2. The number of phenolic OH excluding ortho intramolecular Hbond substituents is 1. The van der Waals surface area contributed by atoms with Crippen LogP contribution in [0, 0.1) is 6.92 Å². The predicted molar refractivity (Wildman–Crippen MR) is 71.6 cm³/mol. The maximum Gasteiger partial charge on any atom is 0.316 e. The Kier molecular flexibility index (Phi) is 5.45. The second kappa shape index (κ2) is 6.86. The molecule has 0 bridgehead atoms. The molecule has 0 unspecified atom stereocenters. The lowest BCUT2D eigenvalue weighted by Gasteiger charge is -2.12. The number of hydrogen-bond donors (Lipinski definition) is 3. The van der Waals surface area contributed by atoms with Gasteiger partial charge in [0, 0.05) is 39.3 Å². The van der Waals surface area contributed by atoms with E-state index in [0.717, 1.165) is 11.1 Å². The van der Waals surface area contributed by atoms with Crippen molar-refractivity contribution in [2.24, 2.45) is 0 Å². The van der Waals surface area contributed by atoms with Gasteiger partial charge in [-0.25, -0.2) is 4.79 Å². The number of hydrogen-bond acceptors (Lipinski definition) is 3. The van der Waals surface area contributed by atoms with Crippen LogP contribution in [0.25, 0.3) is 0 Å². The molecule has 0 heterocycles. The monoisotopic (exact) mass is 251 g/mol. The molecule has 100 valence electrons. The van der Waals surface area contributed by atoms with E-state index in [2.05, 4.69) is 10.6 Å². The van der Waals surface area contributed by atoms with Crippen molar-refractivity contribution < 1.29 is 9.90 Å². The number of aromatic hydroxyl groups is 1. The van der Waals surface area contributed by atoms with E-state index in [9.17, 15) is 9.90 Å². The highest BCUT2D eigenvalue weighted by Gasteiger charge is 2.02. The topological polar surface area (TPSA) is 64.6 Å². The van der Waals surface area contributed by atoms with E-state index in [1.807, 2.05) is 19.1 Å². The van der Waals surface area contributed by atoms with E-state index in [1.54, 1.807) is 20.2 Å². The van der Waals surface area contributed by atoms with Gasteiger partial charge in [0.05, 0.1) is 0 Å². The first-order valence-electron chi connectivity index (χ1n) is 5.95. The number of aryl methyl sites for hydroxylation is 1. The number of carbonyl (C=O) groups is 1. The summed E-state index contributed by atoms with van der Waals surface area (Å²) in [5.41, 5.74) is 1.99. The van der Waals surface area contributed by atoms with Crippen molar-refractivity contribution in [1.82, 2.24) is 15.5 Å². The molecular formula is C13H21N3O2. The summed E-state index contributed by atoms with van der Waals surface area (Å²) < 4.78 is 0. The molecule has 1 aromatic rings. The van der Waals surface area contributed by atoms with Crippen LogP contribution in [0.3, 0.4) is 0 Å². The average Bonchev–Trinajstić information content (AvgIpc) is 2.32. The first kappa shape index (κ1) is 14.3. The SMILES string of the molecule is Cc1ccc(O)c(CNCCNC(=O)N(C)C)c1. The zero-order valence-corrected chi connectivity index (χ0v) is 11.2. The second-order valence-electron chi connectivity index (χ2n) is 4.44. The standard InChI is InChI=1S/C13H21N3O2/c1-10-4-5-12(17)11(8-10)9-14-6-7-15-13(18)16(2)3/h4-5,8,14,17H,6-7,9H2,1-3H3,(H,15,18). The molecule has 2 amide bonds. The largest absolute Gasteiger partial charge is 0.508 e. The van der Waals surface area contributed by atoms with E-state index in [4.69, 9.17) is 0 Å². The minimum Gasteiger partial charge on any atom is -0.508 e. The van der Waals surface area contributed by atoms with Gasteiger partial charge >= 0.3 is 6.03 Å². The quantitative estimate of drug-likeness (QED) is 0.686. The summed E-state index contributed by atoms with van der Waals surface area (Å²) in [6.45, 7) is 3.79. The van der Waals surface area contributed by atoms with Crippen molar-refractivity contribution in [1.29, 1.82) is 0 Å². The third kappa shape index (κ3) is 4.63. The van der Waals surface area contributed by atoms with Crippen molar-refractivity contribution in [2.45, 2.75) is 13.5 Å². The van der Waals surface area contributed by atoms with Gasteiger partial charge in [0.2, 0.25) is 0 Å². The van der Waals surface area contributed by atoms with Crippen LogP contribution in [0.4, 0.5) is 4.79 Å². The molecule has 0 saturated heterocycles. The summed E-state index contributed by atoms with van der Waals surface area (Å²) in [7, 11) is 3.40. The molecule has 1 aromatic carbocycles. The zero-order valence-electron chi connectivity index (χ0n) is 11.2. The molecule has 1 rings (SSSR count). The van der Waals surface area contributed by atoms with Gasteiger partial charge in [-0.2, -0.15) is 0 Å². The molecule has 0 fully saturated rings. The average molecular weight is 251 g/mol. The molecule has 3 N–H and O–H groups in total. The Morgan fingerprint density at radius 1 is 1.33 bits per heavy atom. The van der Waals surface area contributed by atoms with E-state index in [1.165, 1.54) is 4.90 Å². The highest BCUT2D eigenvalue weighted by atomic mass is 16.3. The first-order valence-corrected chi connectivity index (χ1v) is 5.95. The van der Waals surface area contributed by atoms with Crippen LogP contribution in [-0.2, 0) is 6.54 Å². The summed E-state index contributed by atoms with van der Waals surface area (Å²) >= 11 is 0. The Hall–Kier alpha value is -1.75. The fraction of sp³-hybridized carbons (Fsp3) is 0.462. The molecule has 0 saturated carbocycles. The van der Waals surface area contributed by atoms with Crippen molar-refractivity contribution in [3.8, 4) is 5.75 Å². The lowest BCUT2D eigenvalue weighted by Crippen LogP contribution is -2.38. The van der Waals surface area contributed by atoms with Gasteiger partial charge in [0.15, 0.2) is 0 Å². The summed E-state index contributed by atoms with van der Waals surface area (Å²) in [6, 6.07) is 5.41. The van der Waals surface area contributed by atoms with E-state index >= 15 is 0 Å². The summed E-state index contributed by atoms with van der Waals surface area (Å²) in [4.78, 5) is 12.7. The highest BCUT2D eigenvalue weighted by Crippen LogP contribution is 2.17. The molecule has 0 aliphatic heterocycles. The molecule has 0 aromatic heterocycles. The molecule has 0 spiro atoms. The molecule has 18 heavy (non-hydrogen) atoms. The highest BCUT2D eigenvalue weighted by molar-refractivity contribution is 5.73. The molecule has 0 atom stereocenters. The fourth-order valence-corrected chi connectivity index (χ4v) is 1.49. The number of carbonyl (C=O) groups excluding carboxylic acids is 1. The van der Waals surface area contributed by atoms with Crippen LogP contribution in [0.5, 0.6) is 5.75 Å². The van der Waals surface area contributed by atoms with E-state index in [0.29, 0.717) is 25.4 Å². The number of rotatable bonds is 5. The van der Waals surface area contributed by atoms with Crippen molar-refractivity contribution in [3.05, 3.63) is 29.3 Å². The molecule has 5 heteroatoms. The Bertz CT molecular complexity index is 405. The summed E-state index contributed by atoms with van der Waals surface area (Å²) in [6.07, 6.45) is 0.